The van der Waals surface area contributed by atoms with Gasteiger partial charge in [-0.1, -0.05) is 46.5 Å². The summed E-state index contributed by atoms with van der Waals surface area (Å²) < 4.78 is 6.58. The fraction of sp³-hybridized carbons (Fsp3) is 1.00. The molecule has 1 saturated heterocycles. The molecule has 0 bridgehead atoms. The maximum Gasteiger partial charge on any atom is 0.0687 e. The van der Waals surface area contributed by atoms with E-state index in [1.54, 1.807) is 0 Å². The molecule has 1 saturated carbocycles. The first-order chi connectivity index (χ1) is 9.61. The van der Waals surface area contributed by atoms with Crippen LogP contribution in [0.2, 0.25) is 0 Å². The Labute approximate surface area is 126 Å². The van der Waals surface area contributed by atoms with Crippen LogP contribution < -0.4 is 5.32 Å². The highest BCUT2D eigenvalue weighted by Crippen LogP contribution is 2.45. The fourth-order valence-electron chi connectivity index (χ4n) is 4.45. The van der Waals surface area contributed by atoms with Crippen molar-refractivity contribution in [1.82, 2.24) is 5.32 Å². The first-order valence-corrected chi connectivity index (χ1v) is 9.00. The lowest BCUT2D eigenvalue weighted by atomic mass is 9.79. The average molecular weight is 281 g/mol. The van der Waals surface area contributed by atoms with E-state index in [2.05, 4.69) is 26.1 Å². The molecule has 2 aliphatic rings. The van der Waals surface area contributed by atoms with Crippen LogP contribution in [0.1, 0.15) is 85.0 Å². The molecule has 2 atom stereocenters. The SMILES string of the molecule is CCCC(C)(CNCC)CC1CCC2(CCCCC2)O1. The summed E-state index contributed by atoms with van der Waals surface area (Å²) in [5, 5.41) is 3.56. The number of ether oxygens (including phenoxy) is 1. The highest BCUT2D eigenvalue weighted by Gasteiger charge is 2.42. The molecule has 1 heterocycles. The van der Waals surface area contributed by atoms with Crippen molar-refractivity contribution < 1.29 is 4.74 Å². The molecule has 1 spiro atoms. The monoisotopic (exact) mass is 281 g/mol. The minimum Gasteiger partial charge on any atom is -0.372 e. The van der Waals surface area contributed by atoms with E-state index in [9.17, 15) is 0 Å². The number of hydrogen-bond donors (Lipinski definition) is 1. The van der Waals surface area contributed by atoms with Crippen LogP contribution in [-0.4, -0.2) is 24.8 Å². The molecule has 2 fully saturated rings. The Kier molecular flexibility index (Phi) is 5.92. The molecule has 1 aliphatic heterocycles. The molecule has 0 amide bonds. The highest BCUT2D eigenvalue weighted by atomic mass is 16.5. The summed E-state index contributed by atoms with van der Waals surface area (Å²) in [6.45, 7) is 9.19. The molecule has 118 valence electrons. The quantitative estimate of drug-likeness (QED) is 0.732. The lowest BCUT2D eigenvalue weighted by Crippen LogP contribution is -2.37. The fourth-order valence-corrected chi connectivity index (χ4v) is 4.45. The van der Waals surface area contributed by atoms with Gasteiger partial charge in [0, 0.05) is 6.54 Å². The van der Waals surface area contributed by atoms with Gasteiger partial charge in [0.1, 0.15) is 0 Å². The first kappa shape index (κ1) is 16.3. The lowest BCUT2D eigenvalue weighted by molar-refractivity contribution is -0.0763. The second-order valence-corrected chi connectivity index (χ2v) is 7.57. The van der Waals surface area contributed by atoms with E-state index in [1.807, 2.05) is 0 Å². The van der Waals surface area contributed by atoms with Gasteiger partial charge in [0.2, 0.25) is 0 Å². The maximum atomic E-state index is 6.58. The van der Waals surface area contributed by atoms with Crippen LogP contribution in [0, 0.1) is 5.41 Å². The van der Waals surface area contributed by atoms with E-state index in [-0.39, 0.29) is 5.60 Å². The maximum absolute atomic E-state index is 6.58. The lowest BCUT2D eigenvalue weighted by Gasteiger charge is -2.36. The van der Waals surface area contributed by atoms with Crippen molar-refractivity contribution in [2.45, 2.75) is 96.7 Å². The molecule has 20 heavy (non-hydrogen) atoms. The Bertz CT molecular complexity index is 285. The van der Waals surface area contributed by atoms with Crippen LogP contribution in [0.3, 0.4) is 0 Å². The second kappa shape index (κ2) is 7.26. The number of nitrogens with one attached hydrogen (secondary N) is 1. The van der Waals surface area contributed by atoms with Gasteiger partial charge in [0.05, 0.1) is 11.7 Å². The van der Waals surface area contributed by atoms with Crippen molar-refractivity contribution in [3.8, 4) is 0 Å². The molecule has 0 radical (unpaired) electrons. The Hall–Kier alpha value is -0.0800. The van der Waals surface area contributed by atoms with Crippen molar-refractivity contribution in [2.75, 3.05) is 13.1 Å². The highest BCUT2D eigenvalue weighted by molar-refractivity contribution is 4.93. The van der Waals surface area contributed by atoms with Crippen LogP contribution >= 0.6 is 0 Å². The van der Waals surface area contributed by atoms with Crippen molar-refractivity contribution in [3.05, 3.63) is 0 Å². The zero-order chi connectivity index (χ0) is 14.5. The third-order valence-electron chi connectivity index (χ3n) is 5.48. The Morgan fingerprint density at radius 3 is 2.55 bits per heavy atom. The Morgan fingerprint density at radius 1 is 1.15 bits per heavy atom. The van der Waals surface area contributed by atoms with Gasteiger partial charge in [-0.05, 0) is 50.5 Å². The molecule has 0 aromatic rings. The molecule has 2 nitrogen and oxygen atoms in total. The van der Waals surface area contributed by atoms with Crippen LogP contribution in [-0.2, 0) is 4.74 Å². The molecular formula is C18H35NO. The van der Waals surface area contributed by atoms with Crippen molar-refractivity contribution in [2.24, 2.45) is 5.41 Å². The van der Waals surface area contributed by atoms with Gasteiger partial charge in [0.15, 0.2) is 0 Å². The van der Waals surface area contributed by atoms with Crippen molar-refractivity contribution in [3.63, 3.8) is 0 Å². The van der Waals surface area contributed by atoms with E-state index in [1.165, 1.54) is 64.2 Å². The van der Waals surface area contributed by atoms with E-state index in [0.717, 1.165) is 13.1 Å². The molecule has 2 heteroatoms. The normalized spacial score (nSPS) is 28.6. The predicted octanol–water partition coefficient (Wildman–Crippen LogP) is 4.67. The minimum atomic E-state index is 0.286. The molecule has 1 aliphatic carbocycles. The van der Waals surface area contributed by atoms with Gasteiger partial charge in [-0.15, -0.1) is 0 Å². The van der Waals surface area contributed by atoms with Gasteiger partial charge in [-0.25, -0.2) is 0 Å². The minimum absolute atomic E-state index is 0.286. The standard InChI is InChI=1S/C18H35NO/c1-4-10-17(3,15-19-5-2)14-16-9-13-18(20-16)11-7-6-8-12-18/h16,19H,4-15H2,1-3H3. The van der Waals surface area contributed by atoms with Crippen LogP contribution in [0.15, 0.2) is 0 Å². The Balaban J connectivity index is 1.87. The van der Waals surface area contributed by atoms with Crippen LogP contribution in [0.25, 0.3) is 0 Å². The third kappa shape index (κ3) is 4.21. The summed E-state index contributed by atoms with van der Waals surface area (Å²) in [4.78, 5) is 0. The van der Waals surface area contributed by atoms with E-state index >= 15 is 0 Å². The summed E-state index contributed by atoms with van der Waals surface area (Å²) in [7, 11) is 0. The van der Waals surface area contributed by atoms with Crippen molar-refractivity contribution >= 4 is 0 Å². The smallest absolute Gasteiger partial charge is 0.0687 e. The van der Waals surface area contributed by atoms with E-state index in [4.69, 9.17) is 4.74 Å². The van der Waals surface area contributed by atoms with Gasteiger partial charge in [0.25, 0.3) is 0 Å². The second-order valence-electron chi connectivity index (χ2n) is 7.57. The summed E-state index contributed by atoms with van der Waals surface area (Å²) in [6, 6.07) is 0. The van der Waals surface area contributed by atoms with Crippen LogP contribution in [0.5, 0.6) is 0 Å². The largest absolute Gasteiger partial charge is 0.372 e. The molecule has 2 rings (SSSR count). The molecule has 1 N–H and O–H groups in total. The Morgan fingerprint density at radius 2 is 1.90 bits per heavy atom. The van der Waals surface area contributed by atoms with E-state index in [0.29, 0.717) is 11.5 Å². The van der Waals surface area contributed by atoms with Crippen LogP contribution in [0.4, 0.5) is 0 Å². The molecular weight excluding hydrogens is 246 g/mol. The van der Waals surface area contributed by atoms with Gasteiger partial charge < -0.3 is 10.1 Å². The zero-order valence-corrected chi connectivity index (χ0v) is 14.0. The topological polar surface area (TPSA) is 21.3 Å². The molecule has 0 aromatic carbocycles. The van der Waals surface area contributed by atoms with E-state index < -0.39 is 0 Å². The van der Waals surface area contributed by atoms with Gasteiger partial charge in [-0.2, -0.15) is 0 Å². The summed E-state index contributed by atoms with van der Waals surface area (Å²) in [5.41, 5.74) is 0.698. The first-order valence-electron chi connectivity index (χ1n) is 9.00. The summed E-state index contributed by atoms with van der Waals surface area (Å²) in [6.07, 6.45) is 13.8. The molecule has 2 unspecified atom stereocenters. The zero-order valence-electron chi connectivity index (χ0n) is 14.0. The van der Waals surface area contributed by atoms with Gasteiger partial charge >= 0.3 is 0 Å². The molecule has 0 aromatic heterocycles. The van der Waals surface area contributed by atoms with Gasteiger partial charge in [-0.3, -0.25) is 0 Å². The predicted molar refractivity (Wildman–Crippen MR) is 86.1 cm³/mol. The summed E-state index contributed by atoms with van der Waals surface area (Å²) >= 11 is 0. The summed E-state index contributed by atoms with van der Waals surface area (Å²) in [5.74, 6) is 0. The third-order valence-corrected chi connectivity index (χ3v) is 5.48. The number of rotatable bonds is 7. The van der Waals surface area contributed by atoms with Crippen molar-refractivity contribution in [1.29, 1.82) is 0 Å². The average Bonchev–Trinajstić information content (AvgIpc) is 2.80. The number of hydrogen-bond acceptors (Lipinski definition) is 2.